The fourth-order valence-electron chi connectivity index (χ4n) is 2.58. The number of hydrogen-bond donors (Lipinski definition) is 2. The highest BCUT2D eigenvalue weighted by atomic mass is 32.1. The lowest BCUT2D eigenvalue weighted by Crippen LogP contribution is -2.49. The number of carbonyl (C=O) groups excluding carboxylic acids is 2. The summed E-state index contributed by atoms with van der Waals surface area (Å²) < 4.78 is 0. The zero-order valence-electron chi connectivity index (χ0n) is 14.8. The van der Waals surface area contributed by atoms with Gasteiger partial charge in [0, 0.05) is 24.9 Å². The predicted octanol–water partition coefficient (Wildman–Crippen LogP) is 1.53. The van der Waals surface area contributed by atoms with E-state index in [1.54, 1.807) is 24.1 Å². The lowest BCUT2D eigenvalue weighted by atomic mass is 10.1. The fourth-order valence-corrected chi connectivity index (χ4v) is 3.63. The van der Waals surface area contributed by atoms with E-state index in [0.29, 0.717) is 4.99 Å². The molecule has 6 nitrogen and oxygen atoms in total. The molecular weight excluding hydrogens is 344 g/mol. The molecule has 2 saturated carbocycles. The van der Waals surface area contributed by atoms with E-state index in [-0.39, 0.29) is 29.1 Å². The van der Waals surface area contributed by atoms with Crippen molar-refractivity contribution in [2.75, 3.05) is 14.1 Å². The van der Waals surface area contributed by atoms with Gasteiger partial charge in [-0.3, -0.25) is 25.4 Å². The second kappa shape index (κ2) is 6.93. The first-order valence-corrected chi connectivity index (χ1v) is 9.41. The third kappa shape index (κ3) is 4.43. The van der Waals surface area contributed by atoms with E-state index in [2.05, 4.69) is 30.6 Å². The van der Waals surface area contributed by atoms with Crippen molar-refractivity contribution in [3.8, 4) is 0 Å². The molecule has 134 valence electrons. The lowest BCUT2D eigenvalue weighted by molar-refractivity contribution is -0.132. The van der Waals surface area contributed by atoms with Crippen LogP contribution < -0.4 is 10.9 Å². The minimum Gasteiger partial charge on any atom is -0.284 e. The summed E-state index contributed by atoms with van der Waals surface area (Å²) in [4.78, 5) is 25.8. The van der Waals surface area contributed by atoms with Crippen LogP contribution in [0, 0.1) is 10.8 Å². The SMILES string of the molecule is C=S=C(N(C)NC(=O)CC(=O)NN(C)C(=S)C1(C)CC1)C1(C)CC1. The van der Waals surface area contributed by atoms with Gasteiger partial charge in [-0.05, 0) is 31.6 Å². The van der Waals surface area contributed by atoms with E-state index >= 15 is 0 Å². The molecular formula is C16H26N4O2S2. The molecule has 0 heterocycles. The van der Waals surface area contributed by atoms with Gasteiger partial charge >= 0.3 is 0 Å². The smallest absolute Gasteiger partial charge is 0.247 e. The van der Waals surface area contributed by atoms with Crippen LogP contribution in [0.2, 0.25) is 0 Å². The largest absolute Gasteiger partial charge is 0.284 e. The Balaban J connectivity index is 1.80. The summed E-state index contributed by atoms with van der Waals surface area (Å²) >= 11 is 5.37. The number of amides is 2. The normalized spacial score (nSPS) is 19.2. The van der Waals surface area contributed by atoms with Crippen molar-refractivity contribution in [1.82, 2.24) is 20.9 Å². The second-order valence-corrected chi connectivity index (χ2v) is 8.30. The molecule has 0 unspecified atom stereocenters. The topological polar surface area (TPSA) is 64.7 Å². The summed E-state index contributed by atoms with van der Waals surface area (Å²) in [7, 11) is 4.88. The molecule has 2 N–H and O–H groups in total. The van der Waals surface area contributed by atoms with Crippen LogP contribution in [0.5, 0.6) is 0 Å². The van der Waals surface area contributed by atoms with Crippen molar-refractivity contribution in [3.63, 3.8) is 0 Å². The first kappa shape index (κ1) is 19.1. The molecule has 0 atom stereocenters. The van der Waals surface area contributed by atoms with Crippen LogP contribution in [-0.2, 0) is 9.59 Å². The van der Waals surface area contributed by atoms with Crippen LogP contribution in [0.3, 0.4) is 0 Å². The average Bonchev–Trinajstić information content (AvgIpc) is 3.38. The van der Waals surface area contributed by atoms with Gasteiger partial charge in [-0.25, -0.2) is 0 Å². The van der Waals surface area contributed by atoms with Gasteiger partial charge in [0.05, 0.1) is 4.99 Å². The second-order valence-electron chi connectivity index (χ2n) is 7.24. The number of nitrogens with zero attached hydrogens (tertiary/aromatic N) is 2. The summed E-state index contributed by atoms with van der Waals surface area (Å²) in [5.74, 6) is 3.12. The van der Waals surface area contributed by atoms with Gasteiger partial charge in [0.2, 0.25) is 11.8 Å². The third-order valence-corrected chi connectivity index (χ3v) is 6.49. The maximum absolute atomic E-state index is 12.1. The van der Waals surface area contributed by atoms with E-state index in [1.165, 1.54) is 10.9 Å². The fraction of sp³-hybridized carbons (Fsp3) is 0.688. The number of rotatable bonds is 4. The van der Waals surface area contributed by atoms with Crippen molar-refractivity contribution in [2.24, 2.45) is 10.8 Å². The monoisotopic (exact) mass is 370 g/mol. The van der Waals surface area contributed by atoms with Crippen LogP contribution in [-0.4, -0.2) is 51.8 Å². The Kier molecular flexibility index (Phi) is 5.51. The Labute approximate surface area is 152 Å². The first-order valence-electron chi connectivity index (χ1n) is 8.02. The Morgan fingerprint density at radius 1 is 1.04 bits per heavy atom. The zero-order valence-corrected chi connectivity index (χ0v) is 16.4. The van der Waals surface area contributed by atoms with Gasteiger partial charge in [0.15, 0.2) is 0 Å². The highest BCUT2D eigenvalue weighted by Crippen LogP contribution is 2.47. The van der Waals surface area contributed by atoms with Gasteiger partial charge in [0.25, 0.3) is 0 Å². The Hall–Kier alpha value is -1.25. The van der Waals surface area contributed by atoms with Crippen LogP contribution in [0.4, 0.5) is 0 Å². The highest BCUT2D eigenvalue weighted by molar-refractivity contribution is 7.96. The molecule has 0 bridgehead atoms. The summed E-state index contributed by atoms with van der Waals surface area (Å²) in [5, 5.41) is 3.23. The molecule has 2 aliphatic carbocycles. The number of hydrazine groups is 2. The molecule has 8 heteroatoms. The molecule has 0 radical (unpaired) electrons. The summed E-state index contributed by atoms with van der Waals surface area (Å²) in [6.07, 6.45) is 4.01. The number of carbonyl (C=O) groups is 2. The summed E-state index contributed by atoms with van der Waals surface area (Å²) in [5.41, 5.74) is 5.51. The van der Waals surface area contributed by atoms with Crippen LogP contribution in [0.1, 0.15) is 46.0 Å². The zero-order chi connectivity index (χ0) is 18.1. The van der Waals surface area contributed by atoms with E-state index in [1.807, 2.05) is 0 Å². The molecule has 0 aromatic heterocycles. The van der Waals surface area contributed by atoms with Crippen molar-refractivity contribution in [3.05, 3.63) is 0 Å². The molecule has 2 aliphatic rings. The number of thiocarbonyl (C=S) groups is 1. The average molecular weight is 371 g/mol. The van der Waals surface area contributed by atoms with E-state index in [4.69, 9.17) is 12.2 Å². The first-order chi connectivity index (χ1) is 11.1. The maximum atomic E-state index is 12.1. The predicted molar refractivity (Wildman–Crippen MR) is 103 cm³/mol. The highest BCUT2D eigenvalue weighted by Gasteiger charge is 2.44. The Morgan fingerprint density at radius 3 is 1.92 bits per heavy atom. The van der Waals surface area contributed by atoms with Gasteiger partial charge in [-0.2, -0.15) is 5.01 Å². The molecule has 0 aromatic rings. The minimum atomic E-state index is -0.378. The summed E-state index contributed by atoms with van der Waals surface area (Å²) in [6.45, 7) is 4.22. The van der Waals surface area contributed by atoms with E-state index < -0.39 is 0 Å². The van der Waals surface area contributed by atoms with Crippen LogP contribution in [0.15, 0.2) is 0 Å². The molecule has 0 saturated heterocycles. The van der Waals surface area contributed by atoms with E-state index in [9.17, 15) is 9.59 Å². The molecule has 0 aromatic carbocycles. The molecule has 0 spiro atoms. The van der Waals surface area contributed by atoms with Crippen molar-refractivity contribution >= 4 is 50.8 Å². The molecule has 2 amide bonds. The minimum absolute atomic E-state index is 0.00869. The van der Waals surface area contributed by atoms with Crippen LogP contribution >= 0.6 is 23.2 Å². The van der Waals surface area contributed by atoms with Gasteiger partial charge < -0.3 is 0 Å². The Morgan fingerprint density at radius 2 is 1.50 bits per heavy atom. The van der Waals surface area contributed by atoms with E-state index in [0.717, 1.165) is 30.7 Å². The van der Waals surface area contributed by atoms with Crippen molar-refractivity contribution < 1.29 is 9.59 Å². The quantitative estimate of drug-likeness (QED) is 0.446. The van der Waals surface area contributed by atoms with Gasteiger partial charge in [0.1, 0.15) is 11.4 Å². The lowest BCUT2D eigenvalue weighted by Gasteiger charge is -2.26. The number of nitrogens with one attached hydrogen (secondary N) is 2. The molecule has 24 heavy (non-hydrogen) atoms. The van der Waals surface area contributed by atoms with Crippen molar-refractivity contribution in [1.29, 1.82) is 0 Å². The van der Waals surface area contributed by atoms with Gasteiger partial charge in [-0.1, -0.05) is 26.1 Å². The van der Waals surface area contributed by atoms with Crippen LogP contribution in [0.25, 0.3) is 0 Å². The third-order valence-electron chi connectivity index (χ3n) is 4.68. The molecule has 0 aliphatic heterocycles. The van der Waals surface area contributed by atoms with Gasteiger partial charge in [-0.15, -0.1) is 10.9 Å². The summed E-state index contributed by atoms with van der Waals surface area (Å²) in [6, 6.07) is 0. The molecule has 2 rings (SSSR count). The number of hydrogen-bond acceptors (Lipinski definition) is 3. The van der Waals surface area contributed by atoms with Crippen molar-refractivity contribution in [2.45, 2.75) is 46.0 Å². The maximum Gasteiger partial charge on any atom is 0.247 e. The standard InChI is InChI=1S/C16H26N4O2S2/c1-15(6-7-15)13(23)19(3)17-11(21)10-12(22)18-20(4)14(24-5)16(2)8-9-16/h5-10H2,1-4H3,(H,17,21)(H,18,22). The molecule has 2 fully saturated rings. The Bertz CT molecular complexity index is 620.